The van der Waals surface area contributed by atoms with Crippen LogP contribution >= 0.6 is 0 Å². The van der Waals surface area contributed by atoms with E-state index in [0.29, 0.717) is 28.4 Å². The molecule has 56 heavy (non-hydrogen) atoms. The standard InChI is InChI=1S/C45H42N2O8S/c1-7-24-44(3,4)28-12-22-36-38(25-28)42(50)46(40(36)48)29-13-18-34(19-14-29)56(52,53)35-20-15-30(16-21-35)47-41(49)37-23-17-32(27-39(37)43(47)51)54-31-10-9-11-33(26-31)55-45(5,6)8-2/h9-23,25-27H,7-8,24H2,1-6H3. The highest BCUT2D eigenvalue weighted by Gasteiger charge is 2.39. The molecule has 0 N–H and O–H groups in total. The molecule has 0 saturated carbocycles. The van der Waals surface area contributed by atoms with E-state index in [4.69, 9.17) is 9.47 Å². The highest BCUT2D eigenvalue weighted by molar-refractivity contribution is 7.91. The zero-order valence-electron chi connectivity index (χ0n) is 32.1. The molecule has 286 valence electrons. The topological polar surface area (TPSA) is 127 Å². The molecule has 5 aromatic rings. The van der Waals surface area contributed by atoms with Crippen LogP contribution in [0.2, 0.25) is 0 Å². The maximum absolute atomic E-state index is 13.7. The van der Waals surface area contributed by atoms with E-state index >= 15 is 0 Å². The van der Waals surface area contributed by atoms with Gasteiger partial charge in [0.05, 0.1) is 43.4 Å². The van der Waals surface area contributed by atoms with Crippen LogP contribution in [0, 0.1) is 0 Å². The van der Waals surface area contributed by atoms with Gasteiger partial charge in [-0.3, -0.25) is 19.2 Å². The number of benzene rings is 5. The molecule has 0 bridgehead atoms. The van der Waals surface area contributed by atoms with Gasteiger partial charge >= 0.3 is 0 Å². The Balaban J connectivity index is 1.06. The first-order valence-corrected chi connectivity index (χ1v) is 20.0. The molecular formula is C45H42N2O8S. The second kappa shape index (κ2) is 14.2. The molecule has 5 aromatic carbocycles. The van der Waals surface area contributed by atoms with Gasteiger partial charge in [0.25, 0.3) is 23.6 Å². The summed E-state index contributed by atoms with van der Waals surface area (Å²) in [6.45, 7) is 12.3. The van der Waals surface area contributed by atoms with Crippen LogP contribution in [0.15, 0.2) is 119 Å². The first-order valence-electron chi connectivity index (χ1n) is 18.5. The Bertz CT molecular complexity index is 2520. The Kier molecular flexibility index (Phi) is 9.70. The predicted octanol–water partition coefficient (Wildman–Crippen LogP) is 9.56. The molecule has 0 atom stereocenters. The van der Waals surface area contributed by atoms with Crippen molar-refractivity contribution in [2.75, 3.05) is 9.80 Å². The first-order chi connectivity index (χ1) is 26.5. The van der Waals surface area contributed by atoms with Crippen LogP contribution in [-0.4, -0.2) is 37.6 Å². The number of hydrogen-bond donors (Lipinski definition) is 0. The van der Waals surface area contributed by atoms with Crippen molar-refractivity contribution in [3.05, 3.63) is 137 Å². The molecule has 0 radical (unpaired) electrons. The Morgan fingerprint density at radius 3 is 1.57 bits per heavy atom. The van der Waals surface area contributed by atoms with Crippen LogP contribution in [0.1, 0.15) is 108 Å². The summed E-state index contributed by atoms with van der Waals surface area (Å²) < 4.78 is 39.4. The first kappa shape index (κ1) is 38.2. The second-order valence-corrected chi connectivity index (χ2v) is 17.2. The fourth-order valence-corrected chi connectivity index (χ4v) is 8.26. The number of carbonyl (C=O) groups excluding carboxylic acids is 4. The molecule has 0 saturated heterocycles. The van der Waals surface area contributed by atoms with E-state index in [0.717, 1.165) is 34.6 Å². The van der Waals surface area contributed by atoms with Crippen LogP contribution in [0.4, 0.5) is 11.4 Å². The van der Waals surface area contributed by atoms with Crippen LogP contribution in [0.25, 0.3) is 0 Å². The number of anilines is 2. The monoisotopic (exact) mass is 770 g/mol. The van der Waals surface area contributed by atoms with Crippen molar-refractivity contribution >= 4 is 44.8 Å². The van der Waals surface area contributed by atoms with Crippen LogP contribution in [-0.2, 0) is 15.3 Å². The van der Waals surface area contributed by atoms with E-state index in [9.17, 15) is 27.6 Å². The van der Waals surface area contributed by atoms with Crippen molar-refractivity contribution in [1.82, 2.24) is 0 Å². The lowest BCUT2D eigenvalue weighted by atomic mass is 9.80. The van der Waals surface area contributed by atoms with Crippen molar-refractivity contribution in [3.63, 3.8) is 0 Å². The van der Waals surface area contributed by atoms with Gasteiger partial charge in [0.15, 0.2) is 0 Å². The zero-order valence-corrected chi connectivity index (χ0v) is 32.9. The molecule has 11 heteroatoms. The van der Waals surface area contributed by atoms with E-state index in [2.05, 4.69) is 20.8 Å². The van der Waals surface area contributed by atoms with Crippen LogP contribution in [0.3, 0.4) is 0 Å². The van der Waals surface area contributed by atoms with Gasteiger partial charge in [-0.25, -0.2) is 18.2 Å². The van der Waals surface area contributed by atoms with Gasteiger partial charge in [-0.1, -0.05) is 46.2 Å². The molecule has 2 aliphatic heterocycles. The number of fused-ring (bicyclic) bond motifs is 2. The molecule has 7 rings (SSSR count). The average Bonchev–Trinajstić information content (AvgIpc) is 3.57. The van der Waals surface area contributed by atoms with E-state index in [1.807, 2.05) is 32.9 Å². The molecule has 0 spiro atoms. The molecule has 10 nitrogen and oxygen atoms in total. The van der Waals surface area contributed by atoms with Crippen molar-refractivity contribution in [1.29, 1.82) is 0 Å². The highest BCUT2D eigenvalue weighted by atomic mass is 32.2. The molecule has 0 aromatic heterocycles. The number of amides is 4. The third kappa shape index (κ3) is 6.87. The fraction of sp³-hybridized carbons (Fsp3) is 0.244. The number of nitrogens with zero attached hydrogens (tertiary/aromatic N) is 2. The number of hydrogen-bond acceptors (Lipinski definition) is 8. The molecule has 0 fully saturated rings. The summed E-state index contributed by atoms with van der Waals surface area (Å²) in [6, 6.07) is 28.2. The number of rotatable bonds is 12. The van der Waals surface area contributed by atoms with Crippen molar-refractivity contribution in [2.24, 2.45) is 0 Å². The normalized spacial score (nSPS) is 14.3. The molecule has 0 unspecified atom stereocenters. The third-order valence-electron chi connectivity index (χ3n) is 10.5. The van der Waals surface area contributed by atoms with Crippen molar-refractivity contribution in [3.8, 4) is 17.2 Å². The maximum atomic E-state index is 13.7. The van der Waals surface area contributed by atoms with E-state index in [-0.39, 0.29) is 43.3 Å². The van der Waals surface area contributed by atoms with Gasteiger partial charge in [0.1, 0.15) is 22.8 Å². The average molecular weight is 771 g/mol. The molecule has 4 amide bonds. The lowest BCUT2D eigenvalue weighted by molar-refractivity contribution is 0.0910. The molecule has 0 aliphatic carbocycles. The van der Waals surface area contributed by atoms with Gasteiger partial charge in [-0.2, -0.15) is 0 Å². The SMILES string of the molecule is CCCC(C)(C)c1ccc2c(c1)C(=O)N(c1ccc(S(=O)(=O)c3ccc(N4C(=O)c5ccc(Oc6cccc(OC(C)(C)CC)c6)cc5C4=O)cc3)cc1)C2=O. The van der Waals surface area contributed by atoms with Gasteiger partial charge in [-0.05, 0) is 129 Å². The molecule has 2 heterocycles. The minimum absolute atomic E-state index is 0.0614. The highest BCUT2D eigenvalue weighted by Crippen LogP contribution is 2.37. The fourth-order valence-electron chi connectivity index (χ4n) is 7.00. The van der Waals surface area contributed by atoms with E-state index < -0.39 is 33.5 Å². The summed E-state index contributed by atoms with van der Waals surface area (Å²) in [5.41, 5.74) is 1.86. The summed E-state index contributed by atoms with van der Waals surface area (Å²) in [5.74, 6) is -0.564. The minimum Gasteiger partial charge on any atom is -0.488 e. The minimum atomic E-state index is -4.06. The Morgan fingerprint density at radius 2 is 1.04 bits per heavy atom. The lowest BCUT2D eigenvalue weighted by Crippen LogP contribution is -2.29. The Hall–Kier alpha value is -6.07. The summed E-state index contributed by atoms with van der Waals surface area (Å²) >= 11 is 0. The van der Waals surface area contributed by atoms with Crippen molar-refractivity contribution in [2.45, 2.75) is 81.6 Å². The Morgan fingerprint density at radius 1 is 0.554 bits per heavy atom. The van der Waals surface area contributed by atoms with Crippen molar-refractivity contribution < 1.29 is 37.1 Å². The number of sulfone groups is 1. The van der Waals surface area contributed by atoms with Gasteiger partial charge < -0.3 is 9.47 Å². The summed E-state index contributed by atoms with van der Waals surface area (Å²) in [6.07, 6.45) is 2.70. The molecule has 2 aliphatic rings. The van der Waals surface area contributed by atoms with Gasteiger partial charge in [0.2, 0.25) is 9.84 Å². The summed E-state index contributed by atoms with van der Waals surface area (Å²) in [7, 11) is -4.06. The quantitative estimate of drug-likeness (QED) is 0.115. The van der Waals surface area contributed by atoms with E-state index in [1.165, 1.54) is 60.7 Å². The Labute approximate surface area is 326 Å². The zero-order chi connectivity index (χ0) is 40.2. The number of imide groups is 2. The third-order valence-corrected chi connectivity index (χ3v) is 12.3. The largest absolute Gasteiger partial charge is 0.488 e. The summed E-state index contributed by atoms with van der Waals surface area (Å²) in [4.78, 5) is 55.7. The second-order valence-electron chi connectivity index (χ2n) is 15.3. The number of ether oxygens (including phenoxy) is 2. The predicted molar refractivity (Wildman–Crippen MR) is 213 cm³/mol. The number of carbonyl (C=O) groups is 4. The lowest BCUT2D eigenvalue weighted by Gasteiger charge is -2.25. The summed E-state index contributed by atoms with van der Waals surface area (Å²) in [5, 5.41) is 0. The maximum Gasteiger partial charge on any atom is 0.266 e. The van der Waals surface area contributed by atoms with Gasteiger partial charge in [0, 0.05) is 6.07 Å². The van der Waals surface area contributed by atoms with E-state index in [1.54, 1.807) is 36.4 Å². The molecular weight excluding hydrogens is 729 g/mol. The van der Waals surface area contributed by atoms with Crippen LogP contribution < -0.4 is 19.3 Å². The van der Waals surface area contributed by atoms with Gasteiger partial charge in [-0.15, -0.1) is 0 Å². The van der Waals surface area contributed by atoms with Crippen LogP contribution in [0.5, 0.6) is 17.2 Å². The smallest absolute Gasteiger partial charge is 0.266 e.